The third kappa shape index (κ3) is 2.98. The topological polar surface area (TPSA) is 43.4 Å². The summed E-state index contributed by atoms with van der Waals surface area (Å²) in [6.45, 7) is 1.55. The van der Waals surface area contributed by atoms with E-state index in [0.29, 0.717) is 5.75 Å². The van der Waals surface area contributed by atoms with Gasteiger partial charge in [-0.05, 0) is 42.0 Å². The number of hydrogen-bond acceptors (Lipinski definition) is 3. The van der Waals surface area contributed by atoms with Crippen LogP contribution in [-0.4, -0.2) is 14.2 Å². The molecule has 0 aliphatic heterocycles. The van der Waals surface area contributed by atoms with Crippen molar-refractivity contribution in [3.8, 4) is 5.75 Å². The molecule has 90 valence electrons. The van der Waals surface area contributed by atoms with Crippen LogP contribution in [0.5, 0.6) is 5.75 Å². The van der Waals surface area contributed by atoms with Crippen molar-refractivity contribution < 1.29 is 12.6 Å². The van der Waals surface area contributed by atoms with Gasteiger partial charge in [-0.2, -0.15) is 8.42 Å². The summed E-state index contributed by atoms with van der Waals surface area (Å²) in [5.74, 6) is 0.312. The second kappa shape index (κ2) is 4.66. The zero-order valence-electron chi connectivity index (χ0n) is 9.18. The zero-order valence-corrected chi connectivity index (χ0v) is 11.6. The van der Waals surface area contributed by atoms with Crippen molar-refractivity contribution in [1.29, 1.82) is 0 Å². The van der Waals surface area contributed by atoms with Crippen LogP contribution in [0, 0.1) is 0 Å². The molecule has 0 spiro atoms. The first-order chi connectivity index (χ1) is 8.00. The Kier molecular flexibility index (Phi) is 3.40. The van der Waals surface area contributed by atoms with E-state index < -0.39 is 10.1 Å². The molecule has 0 unspecified atom stereocenters. The fraction of sp³-hybridized carbons (Fsp3) is 0.167. The van der Waals surface area contributed by atoms with Crippen molar-refractivity contribution in [1.82, 2.24) is 0 Å². The quantitative estimate of drug-likeness (QED) is 0.816. The highest BCUT2D eigenvalue weighted by Gasteiger charge is 2.09. The Morgan fingerprint density at radius 1 is 1.12 bits per heavy atom. The van der Waals surface area contributed by atoms with Gasteiger partial charge in [-0.25, -0.2) is 0 Å². The van der Waals surface area contributed by atoms with Crippen LogP contribution in [0.3, 0.4) is 0 Å². The maximum Gasteiger partial charge on any atom is 0.308 e. The molecule has 0 bridgehead atoms. The Labute approximate surface area is 109 Å². The van der Waals surface area contributed by atoms with Crippen molar-refractivity contribution in [2.45, 2.75) is 6.92 Å². The molecule has 2 aromatic rings. The molecule has 0 radical (unpaired) electrons. The van der Waals surface area contributed by atoms with Crippen molar-refractivity contribution in [3.05, 3.63) is 40.9 Å². The van der Waals surface area contributed by atoms with Gasteiger partial charge in [0.05, 0.1) is 5.75 Å². The van der Waals surface area contributed by atoms with E-state index in [0.717, 1.165) is 15.2 Å². The monoisotopic (exact) mass is 314 g/mol. The fourth-order valence-electron chi connectivity index (χ4n) is 1.45. The van der Waals surface area contributed by atoms with E-state index in [1.165, 1.54) is 0 Å². The lowest BCUT2D eigenvalue weighted by Crippen LogP contribution is -2.11. The maximum atomic E-state index is 11.3. The first-order valence-electron chi connectivity index (χ1n) is 5.11. The minimum absolute atomic E-state index is 0.0363. The Bertz CT molecular complexity index is 650. The number of hydrogen-bond donors (Lipinski definition) is 0. The highest BCUT2D eigenvalue weighted by atomic mass is 79.9. The molecule has 0 fully saturated rings. The number of benzene rings is 2. The van der Waals surface area contributed by atoms with Crippen molar-refractivity contribution in [2.24, 2.45) is 0 Å². The smallest absolute Gasteiger partial charge is 0.308 e. The van der Waals surface area contributed by atoms with E-state index in [1.54, 1.807) is 19.1 Å². The molecule has 0 saturated carbocycles. The first-order valence-corrected chi connectivity index (χ1v) is 7.49. The summed E-state index contributed by atoms with van der Waals surface area (Å²) in [6.07, 6.45) is 0. The highest BCUT2D eigenvalue weighted by Crippen LogP contribution is 2.24. The van der Waals surface area contributed by atoms with Gasteiger partial charge in [-0.1, -0.05) is 28.1 Å². The molecule has 17 heavy (non-hydrogen) atoms. The molecule has 2 rings (SSSR count). The van der Waals surface area contributed by atoms with E-state index in [1.807, 2.05) is 24.3 Å². The Morgan fingerprint density at radius 3 is 2.47 bits per heavy atom. The third-order valence-corrected chi connectivity index (χ3v) is 4.00. The molecule has 0 saturated heterocycles. The Hall–Kier alpha value is -1.07. The van der Waals surface area contributed by atoms with Gasteiger partial charge in [0.15, 0.2) is 0 Å². The second-order valence-electron chi connectivity index (χ2n) is 3.58. The van der Waals surface area contributed by atoms with E-state index in [-0.39, 0.29) is 5.75 Å². The lowest BCUT2D eigenvalue weighted by atomic mass is 10.1. The van der Waals surface area contributed by atoms with Gasteiger partial charge in [0, 0.05) is 4.47 Å². The minimum atomic E-state index is -3.46. The summed E-state index contributed by atoms with van der Waals surface area (Å²) in [7, 11) is -3.46. The molecule has 0 amide bonds. The molecule has 0 aromatic heterocycles. The van der Waals surface area contributed by atoms with Crippen molar-refractivity contribution >= 4 is 36.8 Å². The molecule has 5 heteroatoms. The number of halogens is 1. The standard InChI is InChI=1S/C12H11BrO3S/c1-2-17(14,15)16-12-6-4-9-7-11(13)5-3-10(9)8-12/h3-8H,2H2,1H3. The van der Waals surface area contributed by atoms with Crippen LogP contribution in [0.25, 0.3) is 10.8 Å². The van der Waals surface area contributed by atoms with Crippen molar-refractivity contribution in [2.75, 3.05) is 5.75 Å². The van der Waals surface area contributed by atoms with Gasteiger partial charge in [0.25, 0.3) is 0 Å². The fourth-order valence-corrected chi connectivity index (χ4v) is 2.35. The predicted octanol–water partition coefficient (Wildman–Crippen LogP) is 3.33. The van der Waals surface area contributed by atoms with Crippen LogP contribution >= 0.6 is 15.9 Å². The lowest BCUT2D eigenvalue weighted by molar-refractivity contribution is 0.488. The third-order valence-electron chi connectivity index (χ3n) is 2.35. The summed E-state index contributed by atoms with van der Waals surface area (Å²) >= 11 is 3.38. The molecule has 0 heterocycles. The largest absolute Gasteiger partial charge is 0.382 e. The summed E-state index contributed by atoms with van der Waals surface area (Å²) in [5.41, 5.74) is 0. The van der Waals surface area contributed by atoms with Gasteiger partial charge in [0.1, 0.15) is 5.75 Å². The molecular weight excluding hydrogens is 304 g/mol. The van der Waals surface area contributed by atoms with E-state index in [4.69, 9.17) is 4.18 Å². The molecule has 2 aromatic carbocycles. The average Bonchev–Trinajstić information content (AvgIpc) is 2.29. The van der Waals surface area contributed by atoms with Crippen molar-refractivity contribution in [3.63, 3.8) is 0 Å². The van der Waals surface area contributed by atoms with Gasteiger partial charge in [-0.3, -0.25) is 0 Å². The second-order valence-corrected chi connectivity index (χ2v) is 6.36. The van der Waals surface area contributed by atoms with Crippen LogP contribution < -0.4 is 4.18 Å². The molecule has 0 N–H and O–H groups in total. The van der Waals surface area contributed by atoms with Crippen LogP contribution in [0.15, 0.2) is 40.9 Å². The SMILES string of the molecule is CCS(=O)(=O)Oc1ccc2cc(Br)ccc2c1. The van der Waals surface area contributed by atoms with Crippen LogP contribution in [-0.2, 0) is 10.1 Å². The summed E-state index contributed by atoms with van der Waals surface area (Å²) in [5, 5.41) is 1.97. The van der Waals surface area contributed by atoms with Gasteiger partial charge < -0.3 is 4.18 Å². The Morgan fingerprint density at radius 2 is 1.76 bits per heavy atom. The van der Waals surface area contributed by atoms with Gasteiger partial charge >= 0.3 is 10.1 Å². The number of rotatable bonds is 3. The van der Waals surface area contributed by atoms with Gasteiger partial charge in [0.2, 0.25) is 0 Å². The maximum absolute atomic E-state index is 11.3. The van der Waals surface area contributed by atoms with E-state index in [2.05, 4.69) is 15.9 Å². The number of fused-ring (bicyclic) bond motifs is 1. The summed E-state index contributed by atoms with van der Waals surface area (Å²) in [4.78, 5) is 0. The van der Waals surface area contributed by atoms with Gasteiger partial charge in [-0.15, -0.1) is 0 Å². The average molecular weight is 315 g/mol. The minimum Gasteiger partial charge on any atom is -0.382 e. The normalized spacial score (nSPS) is 11.6. The molecule has 3 nitrogen and oxygen atoms in total. The van der Waals surface area contributed by atoms with E-state index >= 15 is 0 Å². The first kappa shape index (κ1) is 12.4. The van der Waals surface area contributed by atoms with E-state index in [9.17, 15) is 8.42 Å². The zero-order chi connectivity index (χ0) is 12.5. The lowest BCUT2D eigenvalue weighted by Gasteiger charge is -2.06. The Balaban J connectivity index is 2.42. The van der Waals surface area contributed by atoms with Crippen LogP contribution in [0.4, 0.5) is 0 Å². The summed E-state index contributed by atoms with van der Waals surface area (Å²) < 4.78 is 28.6. The van der Waals surface area contributed by atoms with Crippen LogP contribution in [0.2, 0.25) is 0 Å². The summed E-state index contributed by atoms with van der Waals surface area (Å²) in [6, 6.07) is 11.0. The van der Waals surface area contributed by atoms with Crippen LogP contribution in [0.1, 0.15) is 6.92 Å². The molecule has 0 aliphatic rings. The highest BCUT2D eigenvalue weighted by molar-refractivity contribution is 9.10. The molecule has 0 atom stereocenters. The predicted molar refractivity (Wildman–Crippen MR) is 71.7 cm³/mol. The molecule has 0 aliphatic carbocycles. The molecular formula is C12H11BrO3S.